The van der Waals surface area contributed by atoms with Crippen molar-refractivity contribution in [3.05, 3.63) is 28.2 Å². The van der Waals surface area contributed by atoms with E-state index >= 15 is 0 Å². The summed E-state index contributed by atoms with van der Waals surface area (Å²) < 4.78 is 5.40. The lowest BCUT2D eigenvalue weighted by Crippen LogP contribution is -2.31. The normalized spacial score (nSPS) is 12.5. The van der Waals surface area contributed by atoms with Gasteiger partial charge < -0.3 is 15.2 Å². The molecule has 1 rings (SSSR count). The monoisotopic (exact) mass is 277 g/mol. The molecule has 1 atom stereocenters. The molecule has 0 spiro atoms. The summed E-state index contributed by atoms with van der Waals surface area (Å²) in [5.74, 6) is 0.567. The fourth-order valence-corrected chi connectivity index (χ4v) is 1.81. The van der Waals surface area contributed by atoms with Gasteiger partial charge in [-0.15, -0.1) is 0 Å². The van der Waals surface area contributed by atoms with E-state index in [4.69, 9.17) is 27.9 Å². The van der Waals surface area contributed by atoms with Crippen molar-refractivity contribution < 1.29 is 9.84 Å². The van der Waals surface area contributed by atoms with E-state index in [9.17, 15) is 5.11 Å². The van der Waals surface area contributed by atoms with Crippen molar-refractivity contribution in [1.82, 2.24) is 5.32 Å². The summed E-state index contributed by atoms with van der Waals surface area (Å²) in [4.78, 5) is 0. The highest BCUT2D eigenvalue weighted by Crippen LogP contribution is 2.24. The second-order valence-electron chi connectivity index (χ2n) is 3.77. The molecule has 0 heterocycles. The molecule has 1 unspecified atom stereocenters. The van der Waals surface area contributed by atoms with Gasteiger partial charge in [-0.05, 0) is 31.2 Å². The highest BCUT2D eigenvalue weighted by Gasteiger charge is 2.05. The molecule has 0 aromatic heterocycles. The van der Waals surface area contributed by atoms with E-state index < -0.39 is 6.10 Å². The SMILES string of the molecule is CCCNCC(O)COc1cc(Cl)cc(Cl)c1. The van der Waals surface area contributed by atoms with Gasteiger partial charge in [-0.3, -0.25) is 0 Å². The summed E-state index contributed by atoms with van der Waals surface area (Å²) in [5.41, 5.74) is 0. The Morgan fingerprint density at radius 3 is 2.53 bits per heavy atom. The Balaban J connectivity index is 2.34. The lowest BCUT2D eigenvalue weighted by Gasteiger charge is -2.13. The number of hydrogen-bond acceptors (Lipinski definition) is 3. The first-order valence-corrected chi connectivity index (χ1v) is 6.35. The Hall–Kier alpha value is -0.480. The molecule has 0 saturated carbocycles. The third kappa shape index (κ3) is 6.13. The van der Waals surface area contributed by atoms with Crippen LogP contribution in [-0.4, -0.2) is 30.9 Å². The van der Waals surface area contributed by atoms with Crippen LogP contribution >= 0.6 is 23.2 Å². The second kappa shape index (κ2) is 7.77. The quantitative estimate of drug-likeness (QED) is 0.753. The van der Waals surface area contributed by atoms with Gasteiger partial charge in [0.05, 0.1) is 0 Å². The van der Waals surface area contributed by atoms with E-state index in [0.717, 1.165) is 13.0 Å². The van der Waals surface area contributed by atoms with Crippen molar-refractivity contribution in [1.29, 1.82) is 0 Å². The zero-order chi connectivity index (χ0) is 12.7. The van der Waals surface area contributed by atoms with E-state index in [2.05, 4.69) is 12.2 Å². The smallest absolute Gasteiger partial charge is 0.122 e. The van der Waals surface area contributed by atoms with Crippen molar-refractivity contribution >= 4 is 23.2 Å². The summed E-state index contributed by atoms with van der Waals surface area (Å²) in [6.45, 7) is 3.69. The summed E-state index contributed by atoms with van der Waals surface area (Å²) >= 11 is 11.7. The van der Waals surface area contributed by atoms with Crippen LogP contribution in [-0.2, 0) is 0 Å². The first-order chi connectivity index (χ1) is 8.11. The van der Waals surface area contributed by atoms with Gasteiger partial charge in [0, 0.05) is 16.6 Å². The minimum atomic E-state index is -0.542. The standard InChI is InChI=1S/C12H17Cl2NO2/c1-2-3-15-7-11(16)8-17-12-5-9(13)4-10(14)6-12/h4-6,11,15-16H,2-3,7-8H2,1H3. The molecular weight excluding hydrogens is 261 g/mol. The van der Waals surface area contributed by atoms with Gasteiger partial charge in [-0.1, -0.05) is 30.1 Å². The number of benzene rings is 1. The van der Waals surface area contributed by atoms with Gasteiger partial charge in [0.15, 0.2) is 0 Å². The molecule has 17 heavy (non-hydrogen) atoms. The lowest BCUT2D eigenvalue weighted by molar-refractivity contribution is 0.106. The Morgan fingerprint density at radius 1 is 1.29 bits per heavy atom. The molecule has 0 radical (unpaired) electrons. The van der Waals surface area contributed by atoms with Gasteiger partial charge >= 0.3 is 0 Å². The molecular formula is C12H17Cl2NO2. The van der Waals surface area contributed by atoms with Crippen molar-refractivity contribution in [2.75, 3.05) is 19.7 Å². The Labute approximate surface area is 112 Å². The molecule has 0 aliphatic carbocycles. The number of ether oxygens (including phenoxy) is 1. The maximum absolute atomic E-state index is 9.62. The van der Waals surface area contributed by atoms with Gasteiger partial charge in [-0.25, -0.2) is 0 Å². The molecule has 1 aromatic rings. The summed E-state index contributed by atoms with van der Waals surface area (Å²) in [7, 11) is 0. The fourth-order valence-electron chi connectivity index (χ4n) is 1.31. The highest BCUT2D eigenvalue weighted by molar-refractivity contribution is 6.34. The summed E-state index contributed by atoms with van der Waals surface area (Å²) in [6.07, 6.45) is 0.497. The highest BCUT2D eigenvalue weighted by atomic mass is 35.5. The van der Waals surface area contributed by atoms with Gasteiger partial charge in [0.1, 0.15) is 18.5 Å². The van der Waals surface area contributed by atoms with Crippen LogP contribution in [0, 0.1) is 0 Å². The summed E-state index contributed by atoms with van der Waals surface area (Å²) in [5, 5.41) is 13.8. The largest absolute Gasteiger partial charge is 0.491 e. The van der Waals surface area contributed by atoms with Gasteiger partial charge in [0.2, 0.25) is 0 Å². The van der Waals surface area contributed by atoms with Crippen molar-refractivity contribution in [2.45, 2.75) is 19.4 Å². The first-order valence-electron chi connectivity index (χ1n) is 5.59. The van der Waals surface area contributed by atoms with Gasteiger partial charge in [0.25, 0.3) is 0 Å². The van der Waals surface area contributed by atoms with E-state index in [0.29, 0.717) is 22.3 Å². The second-order valence-corrected chi connectivity index (χ2v) is 4.65. The average Bonchev–Trinajstić information content (AvgIpc) is 2.25. The number of nitrogens with one attached hydrogen (secondary N) is 1. The third-order valence-corrected chi connectivity index (χ3v) is 2.52. The molecule has 0 aliphatic rings. The first kappa shape index (κ1) is 14.6. The lowest BCUT2D eigenvalue weighted by atomic mass is 10.3. The van der Waals surface area contributed by atoms with E-state index in [1.54, 1.807) is 18.2 Å². The zero-order valence-corrected chi connectivity index (χ0v) is 11.3. The van der Waals surface area contributed by atoms with Crippen LogP contribution in [0.25, 0.3) is 0 Å². The Morgan fingerprint density at radius 2 is 1.94 bits per heavy atom. The molecule has 3 nitrogen and oxygen atoms in total. The van der Waals surface area contributed by atoms with Crippen molar-refractivity contribution in [2.24, 2.45) is 0 Å². The average molecular weight is 278 g/mol. The van der Waals surface area contributed by atoms with Crippen LogP contribution in [0.2, 0.25) is 10.0 Å². The summed E-state index contributed by atoms with van der Waals surface area (Å²) in [6, 6.07) is 4.97. The van der Waals surface area contributed by atoms with Gasteiger partial charge in [-0.2, -0.15) is 0 Å². The Bertz CT molecular complexity index is 327. The zero-order valence-electron chi connectivity index (χ0n) is 9.75. The maximum Gasteiger partial charge on any atom is 0.122 e. The molecule has 0 fully saturated rings. The topological polar surface area (TPSA) is 41.5 Å². The van der Waals surface area contributed by atoms with Crippen LogP contribution in [0.3, 0.4) is 0 Å². The number of halogens is 2. The molecule has 1 aromatic carbocycles. The molecule has 96 valence electrons. The van der Waals surface area contributed by atoms with E-state index in [1.165, 1.54) is 0 Å². The number of rotatable bonds is 7. The number of aliphatic hydroxyl groups excluding tert-OH is 1. The van der Waals surface area contributed by atoms with Crippen molar-refractivity contribution in [3.8, 4) is 5.75 Å². The third-order valence-electron chi connectivity index (χ3n) is 2.09. The van der Waals surface area contributed by atoms with E-state index in [-0.39, 0.29) is 6.61 Å². The molecule has 0 saturated heterocycles. The molecule has 0 amide bonds. The van der Waals surface area contributed by atoms with Crippen LogP contribution in [0.4, 0.5) is 0 Å². The Kier molecular flexibility index (Phi) is 6.66. The van der Waals surface area contributed by atoms with Crippen LogP contribution < -0.4 is 10.1 Å². The number of aliphatic hydroxyl groups is 1. The predicted octanol–water partition coefficient (Wildman–Crippen LogP) is 2.73. The molecule has 0 bridgehead atoms. The minimum Gasteiger partial charge on any atom is -0.491 e. The molecule has 5 heteroatoms. The van der Waals surface area contributed by atoms with Crippen molar-refractivity contribution in [3.63, 3.8) is 0 Å². The van der Waals surface area contributed by atoms with Crippen LogP contribution in [0.15, 0.2) is 18.2 Å². The fraction of sp³-hybridized carbons (Fsp3) is 0.500. The predicted molar refractivity (Wildman–Crippen MR) is 71.1 cm³/mol. The van der Waals surface area contributed by atoms with Crippen LogP contribution in [0.1, 0.15) is 13.3 Å². The molecule has 0 aliphatic heterocycles. The van der Waals surface area contributed by atoms with Crippen LogP contribution in [0.5, 0.6) is 5.75 Å². The molecule has 2 N–H and O–H groups in total. The number of hydrogen-bond donors (Lipinski definition) is 2. The minimum absolute atomic E-state index is 0.216. The maximum atomic E-state index is 9.62. The van der Waals surface area contributed by atoms with E-state index in [1.807, 2.05) is 0 Å².